The Balaban J connectivity index is 1.92. The van der Waals surface area contributed by atoms with Gasteiger partial charge in [-0.3, -0.25) is 0 Å². The zero-order valence-corrected chi connectivity index (χ0v) is 12.4. The average Bonchev–Trinajstić information content (AvgIpc) is 2.86. The van der Waals surface area contributed by atoms with Crippen molar-refractivity contribution in [1.29, 1.82) is 0 Å². The Morgan fingerprint density at radius 2 is 1.86 bits per heavy atom. The van der Waals surface area contributed by atoms with Crippen LogP contribution in [0.5, 0.6) is 0 Å². The van der Waals surface area contributed by atoms with Gasteiger partial charge in [-0.15, -0.1) is 0 Å². The molecule has 3 heteroatoms. The highest BCUT2D eigenvalue weighted by Crippen LogP contribution is 2.27. The molecule has 3 aromatic rings. The number of hydrogen-bond acceptors (Lipinski definition) is 2. The summed E-state index contributed by atoms with van der Waals surface area (Å²) in [5.74, 6) is 0.796. The minimum absolute atomic E-state index is 0.254. The number of hydrogen-bond donors (Lipinski definition) is 1. The van der Waals surface area contributed by atoms with Crippen LogP contribution in [0.15, 0.2) is 39.5 Å². The first kappa shape index (κ1) is 13.9. The van der Waals surface area contributed by atoms with Gasteiger partial charge in [-0.05, 0) is 12.5 Å². The third-order valence-corrected chi connectivity index (χ3v) is 4.02. The highest BCUT2D eigenvalue weighted by Gasteiger charge is 2.11. The van der Waals surface area contributed by atoms with Crippen LogP contribution in [0.3, 0.4) is 0 Å². The predicted octanol–water partition coefficient (Wildman–Crippen LogP) is 4.79. The summed E-state index contributed by atoms with van der Waals surface area (Å²) in [7, 11) is 0. The van der Waals surface area contributed by atoms with Gasteiger partial charge in [0, 0.05) is 28.8 Å². The van der Waals surface area contributed by atoms with E-state index < -0.39 is 0 Å². The molecule has 2 aromatic heterocycles. The van der Waals surface area contributed by atoms with Gasteiger partial charge in [0.2, 0.25) is 0 Å². The number of fused-ring (bicyclic) bond motifs is 3. The minimum atomic E-state index is -0.254. The highest BCUT2D eigenvalue weighted by atomic mass is 16.4. The van der Waals surface area contributed by atoms with E-state index >= 15 is 0 Å². The monoisotopic (exact) mass is 283 g/mol. The lowest BCUT2D eigenvalue weighted by Gasteiger charge is -2.02. The Labute approximate surface area is 124 Å². The lowest BCUT2D eigenvalue weighted by atomic mass is 10.1. The molecular formula is C18H21NO2. The van der Waals surface area contributed by atoms with Crippen LogP contribution in [-0.2, 0) is 6.42 Å². The molecule has 0 fully saturated rings. The van der Waals surface area contributed by atoms with E-state index in [0.29, 0.717) is 0 Å². The van der Waals surface area contributed by atoms with Crippen molar-refractivity contribution < 1.29 is 4.42 Å². The van der Waals surface area contributed by atoms with E-state index in [0.717, 1.165) is 40.4 Å². The molecule has 0 amide bonds. The lowest BCUT2D eigenvalue weighted by Crippen LogP contribution is -2.00. The summed E-state index contributed by atoms with van der Waals surface area (Å²) in [6.07, 6.45) is 6.85. The molecular weight excluding hydrogens is 262 g/mol. The van der Waals surface area contributed by atoms with Crippen LogP contribution in [0.1, 0.15) is 44.8 Å². The van der Waals surface area contributed by atoms with Crippen LogP contribution >= 0.6 is 0 Å². The summed E-state index contributed by atoms with van der Waals surface area (Å²) >= 11 is 0. The number of aromatic nitrogens is 1. The molecule has 110 valence electrons. The zero-order valence-electron chi connectivity index (χ0n) is 12.4. The molecule has 0 saturated heterocycles. The quantitative estimate of drug-likeness (QED) is 0.661. The minimum Gasteiger partial charge on any atom is -0.426 e. The molecule has 1 N–H and O–H groups in total. The summed E-state index contributed by atoms with van der Waals surface area (Å²) in [5, 5.41) is 2.07. The van der Waals surface area contributed by atoms with Crippen LogP contribution in [0.25, 0.3) is 21.8 Å². The molecule has 0 aliphatic carbocycles. The first-order valence-corrected chi connectivity index (χ1v) is 7.83. The Kier molecular flexibility index (Phi) is 4.09. The second-order valence-corrected chi connectivity index (χ2v) is 5.61. The van der Waals surface area contributed by atoms with Gasteiger partial charge in [-0.2, -0.15) is 0 Å². The molecule has 3 rings (SSSR count). The van der Waals surface area contributed by atoms with Crippen molar-refractivity contribution in [2.75, 3.05) is 0 Å². The van der Waals surface area contributed by atoms with Gasteiger partial charge in [-0.25, -0.2) is 4.79 Å². The van der Waals surface area contributed by atoms with Gasteiger partial charge in [0.25, 0.3) is 0 Å². The molecule has 0 aliphatic rings. The van der Waals surface area contributed by atoms with Gasteiger partial charge in [0.05, 0.1) is 5.52 Å². The van der Waals surface area contributed by atoms with Crippen molar-refractivity contribution in [3.63, 3.8) is 0 Å². The molecule has 0 aliphatic heterocycles. The SMILES string of the molecule is CCCCCCCc1oc(=O)cc2c1[nH]c1ccccc12. The average molecular weight is 283 g/mol. The summed E-state index contributed by atoms with van der Waals surface area (Å²) in [5.41, 5.74) is 1.78. The number of nitrogens with one attached hydrogen (secondary N) is 1. The third kappa shape index (κ3) is 2.87. The van der Waals surface area contributed by atoms with Crippen molar-refractivity contribution in [3.05, 3.63) is 46.5 Å². The fourth-order valence-corrected chi connectivity index (χ4v) is 2.92. The van der Waals surface area contributed by atoms with Gasteiger partial charge in [0.1, 0.15) is 5.76 Å². The number of aryl methyl sites for hydroxylation is 1. The Morgan fingerprint density at radius 1 is 1.05 bits per heavy atom. The normalized spacial score (nSPS) is 11.5. The topological polar surface area (TPSA) is 46.0 Å². The molecule has 0 saturated carbocycles. The number of para-hydroxylation sites is 1. The Hall–Kier alpha value is -2.03. The maximum Gasteiger partial charge on any atom is 0.336 e. The fraction of sp³-hybridized carbons (Fsp3) is 0.389. The zero-order chi connectivity index (χ0) is 14.7. The molecule has 0 bridgehead atoms. The number of rotatable bonds is 6. The van der Waals surface area contributed by atoms with E-state index in [9.17, 15) is 4.79 Å². The van der Waals surface area contributed by atoms with Gasteiger partial charge >= 0.3 is 5.63 Å². The Bertz CT molecular complexity index is 798. The number of aromatic amines is 1. The van der Waals surface area contributed by atoms with Crippen molar-refractivity contribution in [3.8, 4) is 0 Å². The molecule has 0 radical (unpaired) electrons. The van der Waals surface area contributed by atoms with Gasteiger partial charge in [-0.1, -0.05) is 50.8 Å². The van der Waals surface area contributed by atoms with E-state index in [4.69, 9.17) is 4.42 Å². The summed E-state index contributed by atoms with van der Waals surface area (Å²) in [4.78, 5) is 15.2. The van der Waals surface area contributed by atoms with E-state index in [1.807, 2.05) is 24.3 Å². The number of benzene rings is 1. The molecule has 0 unspecified atom stereocenters. The largest absolute Gasteiger partial charge is 0.426 e. The Morgan fingerprint density at radius 3 is 2.71 bits per heavy atom. The molecule has 21 heavy (non-hydrogen) atoms. The number of H-pyrrole nitrogens is 1. The highest BCUT2D eigenvalue weighted by molar-refractivity contribution is 6.07. The van der Waals surface area contributed by atoms with Crippen LogP contribution < -0.4 is 5.63 Å². The van der Waals surface area contributed by atoms with Crippen LogP contribution in [0.2, 0.25) is 0 Å². The molecule has 3 nitrogen and oxygen atoms in total. The van der Waals surface area contributed by atoms with Crippen molar-refractivity contribution in [2.24, 2.45) is 0 Å². The third-order valence-electron chi connectivity index (χ3n) is 4.02. The van der Waals surface area contributed by atoms with E-state index in [-0.39, 0.29) is 5.63 Å². The van der Waals surface area contributed by atoms with Crippen molar-refractivity contribution >= 4 is 21.8 Å². The number of unbranched alkanes of at least 4 members (excludes halogenated alkanes) is 4. The standard InChI is InChI=1S/C18H21NO2/c1-2-3-4-5-6-11-16-18-14(12-17(20)21-16)13-9-7-8-10-15(13)19-18/h7-10,12,19H,2-6,11H2,1H3. The second kappa shape index (κ2) is 6.17. The van der Waals surface area contributed by atoms with E-state index in [1.54, 1.807) is 6.07 Å². The first-order valence-electron chi connectivity index (χ1n) is 7.83. The van der Waals surface area contributed by atoms with Crippen LogP contribution in [-0.4, -0.2) is 4.98 Å². The first-order chi connectivity index (χ1) is 10.3. The lowest BCUT2D eigenvalue weighted by molar-refractivity contribution is 0.456. The van der Waals surface area contributed by atoms with Gasteiger partial charge in [0.15, 0.2) is 0 Å². The second-order valence-electron chi connectivity index (χ2n) is 5.61. The predicted molar refractivity (Wildman–Crippen MR) is 86.8 cm³/mol. The molecule has 1 aromatic carbocycles. The smallest absolute Gasteiger partial charge is 0.336 e. The maximum atomic E-state index is 11.8. The van der Waals surface area contributed by atoms with E-state index in [1.165, 1.54) is 25.7 Å². The van der Waals surface area contributed by atoms with Gasteiger partial charge < -0.3 is 9.40 Å². The van der Waals surface area contributed by atoms with Crippen molar-refractivity contribution in [2.45, 2.75) is 45.4 Å². The molecule has 0 spiro atoms. The fourth-order valence-electron chi connectivity index (χ4n) is 2.92. The summed E-state index contributed by atoms with van der Waals surface area (Å²) in [6.45, 7) is 2.21. The molecule has 2 heterocycles. The summed E-state index contributed by atoms with van der Waals surface area (Å²) < 4.78 is 5.44. The van der Waals surface area contributed by atoms with Crippen molar-refractivity contribution in [1.82, 2.24) is 4.98 Å². The summed E-state index contributed by atoms with van der Waals surface area (Å²) in [6, 6.07) is 9.66. The van der Waals surface area contributed by atoms with Crippen LogP contribution in [0.4, 0.5) is 0 Å². The maximum absolute atomic E-state index is 11.8. The van der Waals surface area contributed by atoms with E-state index in [2.05, 4.69) is 11.9 Å². The molecule has 0 atom stereocenters. The van der Waals surface area contributed by atoms with Crippen LogP contribution in [0, 0.1) is 0 Å².